The smallest absolute Gasteiger partial charge is 1.00 e. The summed E-state index contributed by atoms with van der Waals surface area (Å²) in [6.07, 6.45) is 8.20. The van der Waals surface area contributed by atoms with Crippen molar-refractivity contribution in [2.45, 2.75) is 20.8 Å². The van der Waals surface area contributed by atoms with Crippen molar-refractivity contribution in [3.63, 3.8) is 0 Å². The van der Waals surface area contributed by atoms with Gasteiger partial charge in [-0.3, -0.25) is 0 Å². The van der Waals surface area contributed by atoms with Crippen molar-refractivity contribution in [2.24, 2.45) is 0 Å². The van der Waals surface area contributed by atoms with Crippen LogP contribution >= 0.6 is 0 Å². The molecule has 1 aromatic carbocycles. The Kier molecular flexibility index (Phi) is 11.1. The van der Waals surface area contributed by atoms with Gasteiger partial charge in [0.25, 0.3) is 0 Å². The maximum atomic E-state index is 3.80. The van der Waals surface area contributed by atoms with Crippen LogP contribution in [0.25, 0.3) is 12.2 Å². The monoisotopic (exact) mass is 395 g/mol. The molecule has 0 saturated heterocycles. The maximum absolute atomic E-state index is 3.80. The minimum atomic E-state index is 0. The van der Waals surface area contributed by atoms with Gasteiger partial charge < -0.3 is 29.8 Å². The first-order chi connectivity index (χ1) is 8.58. The second-order valence-corrected chi connectivity index (χ2v) is 4.51. The van der Waals surface area contributed by atoms with Crippen LogP contribution in [0, 0.1) is 27.0 Å². The molecule has 21 heavy (non-hydrogen) atoms. The summed E-state index contributed by atoms with van der Waals surface area (Å²) in [5, 5.41) is 2.39. The summed E-state index contributed by atoms with van der Waals surface area (Å²) in [5.74, 6) is 0. The zero-order valence-corrected chi connectivity index (χ0v) is 16.3. The molecule has 1 aliphatic carbocycles. The van der Waals surface area contributed by atoms with Gasteiger partial charge in [-0.1, -0.05) is 39.0 Å². The Balaban J connectivity index is 0. The summed E-state index contributed by atoms with van der Waals surface area (Å²) in [5.41, 5.74) is 4.75. The van der Waals surface area contributed by atoms with E-state index in [-0.39, 0.29) is 51.0 Å². The minimum absolute atomic E-state index is 0. The molecule has 0 amide bonds. The Hall–Kier alpha value is -0.557. The molecule has 3 rings (SSSR count). The van der Waals surface area contributed by atoms with Crippen LogP contribution in [0.2, 0.25) is 0 Å². The summed E-state index contributed by atoms with van der Waals surface area (Å²) in [7, 11) is 0. The number of aromatic nitrogens is 1. The summed E-state index contributed by atoms with van der Waals surface area (Å²) in [4.78, 5) is 3.01. The largest absolute Gasteiger partial charge is 4.00 e. The van der Waals surface area contributed by atoms with Gasteiger partial charge in [0.15, 0.2) is 0 Å². The average molecular weight is 397 g/mol. The second-order valence-electron chi connectivity index (χ2n) is 4.51. The van der Waals surface area contributed by atoms with Crippen molar-refractivity contribution in [3.8, 4) is 0 Å². The average Bonchev–Trinajstić information content (AvgIpc) is 2.87. The molecular formula is C17H17Cl2NZr. The van der Waals surface area contributed by atoms with Gasteiger partial charge >= 0.3 is 26.2 Å². The molecule has 4 heteroatoms. The third kappa shape index (κ3) is 5.98. The molecule has 1 heterocycles. The molecule has 0 unspecified atom stereocenters. The van der Waals surface area contributed by atoms with Gasteiger partial charge in [0, 0.05) is 0 Å². The SMILES string of the molecule is C=C1[C-]=c2ccccc2=C1.Cc1[c-][nH]c(C)c1C.[Cl-].[Cl-].[Zr+4]. The molecule has 1 aliphatic rings. The number of hydrogen-bond acceptors (Lipinski definition) is 0. The normalized spacial score (nSPS) is 10.3. The Bertz CT molecular complexity index is 645. The van der Waals surface area contributed by atoms with Crippen LogP contribution < -0.4 is 35.3 Å². The van der Waals surface area contributed by atoms with Gasteiger partial charge in [0.05, 0.1) is 0 Å². The zero-order chi connectivity index (χ0) is 13.1. The first kappa shape index (κ1) is 22.7. The fourth-order valence-corrected chi connectivity index (χ4v) is 1.79. The van der Waals surface area contributed by atoms with Gasteiger partial charge in [-0.2, -0.15) is 17.7 Å². The van der Waals surface area contributed by atoms with Crippen molar-refractivity contribution in [2.75, 3.05) is 0 Å². The number of H-pyrrole nitrogens is 1. The van der Waals surface area contributed by atoms with E-state index in [1.54, 1.807) is 0 Å². The predicted molar refractivity (Wildman–Crippen MR) is 76.5 cm³/mol. The van der Waals surface area contributed by atoms with Crippen LogP contribution in [0.1, 0.15) is 16.8 Å². The Morgan fingerprint density at radius 1 is 1.05 bits per heavy atom. The first-order valence-electron chi connectivity index (χ1n) is 6.01. The van der Waals surface area contributed by atoms with Crippen molar-refractivity contribution < 1.29 is 51.0 Å². The molecule has 0 atom stereocenters. The van der Waals surface area contributed by atoms with Crippen molar-refractivity contribution in [3.05, 3.63) is 69.9 Å². The third-order valence-electron chi connectivity index (χ3n) is 3.15. The Morgan fingerprint density at radius 3 is 2.10 bits per heavy atom. The molecule has 0 aliphatic heterocycles. The minimum Gasteiger partial charge on any atom is -1.00 e. The van der Waals surface area contributed by atoms with E-state index in [1.807, 2.05) is 24.3 Å². The molecule has 1 aromatic heterocycles. The van der Waals surface area contributed by atoms with Crippen molar-refractivity contribution >= 4 is 12.2 Å². The van der Waals surface area contributed by atoms with Crippen LogP contribution in [0.5, 0.6) is 0 Å². The first-order valence-corrected chi connectivity index (χ1v) is 6.01. The number of allylic oxidation sites excluding steroid dienone is 1. The summed E-state index contributed by atoms with van der Waals surface area (Å²) >= 11 is 0. The molecule has 0 bridgehead atoms. The fourth-order valence-electron chi connectivity index (χ4n) is 1.79. The number of halogens is 2. The van der Waals surface area contributed by atoms with E-state index in [9.17, 15) is 0 Å². The number of hydrogen-bond donors (Lipinski definition) is 1. The quantitative estimate of drug-likeness (QED) is 0.443. The number of aromatic amines is 1. The number of aryl methyl sites for hydroxylation is 2. The summed E-state index contributed by atoms with van der Waals surface area (Å²) in [6.45, 7) is 10.0. The molecule has 108 valence electrons. The van der Waals surface area contributed by atoms with E-state index < -0.39 is 0 Å². The van der Waals surface area contributed by atoms with Crippen LogP contribution in [0.4, 0.5) is 0 Å². The Morgan fingerprint density at radius 2 is 1.67 bits per heavy atom. The van der Waals surface area contributed by atoms with E-state index >= 15 is 0 Å². The van der Waals surface area contributed by atoms with E-state index in [0.29, 0.717) is 0 Å². The number of rotatable bonds is 0. The van der Waals surface area contributed by atoms with Crippen molar-refractivity contribution in [1.82, 2.24) is 4.98 Å². The molecule has 0 spiro atoms. The molecule has 1 N–H and O–H groups in total. The zero-order valence-electron chi connectivity index (χ0n) is 12.3. The molecule has 0 fully saturated rings. The van der Waals surface area contributed by atoms with E-state index in [1.165, 1.54) is 22.0 Å². The van der Waals surface area contributed by atoms with Crippen LogP contribution in [-0.2, 0) is 26.2 Å². The van der Waals surface area contributed by atoms with E-state index in [4.69, 9.17) is 0 Å². The van der Waals surface area contributed by atoms with Crippen LogP contribution in [0.3, 0.4) is 0 Å². The van der Waals surface area contributed by atoms with Crippen molar-refractivity contribution in [1.29, 1.82) is 0 Å². The number of fused-ring (bicyclic) bond motifs is 1. The molecular weight excluding hydrogens is 380 g/mol. The predicted octanol–water partition coefficient (Wildman–Crippen LogP) is -3.56. The standard InChI is InChI=1S/C10H7.C7H10N.2ClH.Zr/c1-8-6-9-4-2-3-5-10(9)7-8;1-5-4-8-7(3)6(5)2;;;/h2-6H,1H2;8H,1-3H3;2*1H;/q2*-1;;;+4/p-2. The van der Waals surface area contributed by atoms with Gasteiger partial charge in [-0.15, -0.1) is 46.1 Å². The summed E-state index contributed by atoms with van der Waals surface area (Å²) < 4.78 is 0. The molecule has 0 radical (unpaired) electrons. The van der Waals surface area contributed by atoms with E-state index in [0.717, 1.165) is 10.8 Å². The van der Waals surface area contributed by atoms with Gasteiger partial charge in [-0.25, -0.2) is 0 Å². The second kappa shape index (κ2) is 10.2. The molecule has 1 nitrogen and oxygen atoms in total. The summed E-state index contributed by atoms with van der Waals surface area (Å²) in [6, 6.07) is 8.15. The van der Waals surface area contributed by atoms with Gasteiger partial charge in [0.2, 0.25) is 0 Å². The fraction of sp³-hybridized carbons (Fsp3) is 0.176. The Labute approximate surface area is 158 Å². The number of nitrogens with one attached hydrogen (secondary N) is 1. The topological polar surface area (TPSA) is 15.8 Å². The third-order valence-corrected chi connectivity index (χ3v) is 3.15. The van der Waals surface area contributed by atoms with E-state index in [2.05, 4.69) is 50.7 Å². The molecule has 0 saturated carbocycles. The van der Waals surface area contributed by atoms with Gasteiger partial charge in [-0.05, 0) is 0 Å². The molecule has 2 aromatic rings. The number of benzene rings is 1. The van der Waals surface area contributed by atoms with Crippen LogP contribution in [0.15, 0.2) is 36.4 Å². The van der Waals surface area contributed by atoms with Gasteiger partial charge in [0.1, 0.15) is 0 Å². The maximum Gasteiger partial charge on any atom is 4.00 e. The van der Waals surface area contributed by atoms with Crippen LogP contribution in [-0.4, -0.2) is 4.98 Å².